The number of aromatic nitrogens is 2. The highest BCUT2D eigenvalue weighted by Gasteiger charge is 2.25. The minimum absolute atomic E-state index is 0.226. The van der Waals surface area contributed by atoms with Crippen LogP contribution in [0.25, 0.3) is 0 Å². The van der Waals surface area contributed by atoms with E-state index in [1.54, 1.807) is 0 Å². The van der Waals surface area contributed by atoms with Crippen LogP contribution >= 0.6 is 0 Å². The van der Waals surface area contributed by atoms with Crippen molar-refractivity contribution in [3.05, 3.63) is 17.7 Å². The van der Waals surface area contributed by atoms with E-state index in [0.717, 1.165) is 51.3 Å². The van der Waals surface area contributed by atoms with Gasteiger partial charge in [0.2, 0.25) is 0 Å². The van der Waals surface area contributed by atoms with E-state index in [1.807, 2.05) is 0 Å². The first-order chi connectivity index (χ1) is 8.38. The van der Waals surface area contributed by atoms with Crippen molar-refractivity contribution in [3.8, 4) is 0 Å². The number of ether oxygens (including phenoxy) is 1. The van der Waals surface area contributed by atoms with Gasteiger partial charge in [0.1, 0.15) is 5.82 Å². The average molecular weight is 236 g/mol. The lowest BCUT2D eigenvalue weighted by molar-refractivity contribution is 0.0845. The number of nitrogens with zero attached hydrogens (tertiary/aromatic N) is 2. The standard InChI is InChI=1S/C13H20N2O2/c16-9-11-2-1-5-15-8-12(14-13(11)15)10-3-6-17-7-4-10/h8,10-11,16H,1-7,9H2. The second kappa shape index (κ2) is 4.78. The molecular formula is C13H20N2O2. The molecule has 1 N–H and O–H groups in total. The molecule has 0 saturated carbocycles. The highest BCUT2D eigenvalue weighted by atomic mass is 16.5. The van der Waals surface area contributed by atoms with E-state index in [0.29, 0.717) is 5.92 Å². The van der Waals surface area contributed by atoms with E-state index in [4.69, 9.17) is 9.72 Å². The first-order valence-corrected chi connectivity index (χ1v) is 6.64. The van der Waals surface area contributed by atoms with Gasteiger partial charge in [0.25, 0.3) is 0 Å². The Balaban J connectivity index is 1.84. The molecule has 2 aliphatic heterocycles. The molecule has 1 atom stereocenters. The third kappa shape index (κ3) is 2.11. The molecule has 2 aliphatic rings. The van der Waals surface area contributed by atoms with Crippen LogP contribution in [0, 0.1) is 0 Å². The monoisotopic (exact) mass is 236 g/mol. The summed E-state index contributed by atoms with van der Waals surface area (Å²) in [5, 5.41) is 9.38. The SMILES string of the molecule is OCC1CCCn2cc(C3CCOCC3)nc21. The zero-order chi connectivity index (χ0) is 11.7. The maximum atomic E-state index is 9.38. The number of rotatable bonds is 2. The molecule has 17 heavy (non-hydrogen) atoms. The predicted octanol–water partition coefficient (Wildman–Crippen LogP) is 1.65. The maximum Gasteiger partial charge on any atom is 0.114 e. The van der Waals surface area contributed by atoms with Gasteiger partial charge in [0.05, 0.1) is 12.3 Å². The van der Waals surface area contributed by atoms with Crippen LogP contribution in [0.1, 0.15) is 49.0 Å². The molecule has 4 nitrogen and oxygen atoms in total. The van der Waals surface area contributed by atoms with E-state index in [-0.39, 0.29) is 12.5 Å². The molecule has 0 spiro atoms. The number of aliphatic hydroxyl groups is 1. The van der Waals surface area contributed by atoms with Crippen molar-refractivity contribution in [2.75, 3.05) is 19.8 Å². The highest BCUT2D eigenvalue weighted by Crippen LogP contribution is 2.31. The first-order valence-electron chi connectivity index (χ1n) is 6.64. The zero-order valence-electron chi connectivity index (χ0n) is 10.1. The van der Waals surface area contributed by atoms with Gasteiger partial charge in [-0.05, 0) is 25.7 Å². The van der Waals surface area contributed by atoms with Gasteiger partial charge in [0, 0.05) is 37.8 Å². The smallest absolute Gasteiger partial charge is 0.114 e. The lowest BCUT2D eigenvalue weighted by Crippen LogP contribution is -2.18. The summed E-state index contributed by atoms with van der Waals surface area (Å²) in [6.45, 7) is 3.00. The molecule has 0 aliphatic carbocycles. The summed E-state index contributed by atoms with van der Waals surface area (Å²) in [7, 11) is 0. The molecule has 3 rings (SSSR count). The Morgan fingerprint density at radius 3 is 2.94 bits per heavy atom. The summed E-state index contributed by atoms with van der Waals surface area (Å²) in [5.74, 6) is 1.90. The number of fused-ring (bicyclic) bond motifs is 1. The van der Waals surface area contributed by atoms with Crippen LogP contribution < -0.4 is 0 Å². The number of hydrogen-bond donors (Lipinski definition) is 1. The largest absolute Gasteiger partial charge is 0.396 e. The van der Waals surface area contributed by atoms with Crippen LogP contribution in [0.15, 0.2) is 6.20 Å². The molecular weight excluding hydrogens is 216 g/mol. The Morgan fingerprint density at radius 2 is 2.18 bits per heavy atom. The van der Waals surface area contributed by atoms with E-state index in [1.165, 1.54) is 5.69 Å². The van der Waals surface area contributed by atoms with Crippen molar-refractivity contribution in [3.63, 3.8) is 0 Å². The topological polar surface area (TPSA) is 47.3 Å². The van der Waals surface area contributed by atoms with Crippen molar-refractivity contribution < 1.29 is 9.84 Å². The second-order valence-corrected chi connectivity index (χ2v) is 5.13. The van der Waals surface area contributed by atoms with Crippen LogP contribution in [0.5, 0.6) is 0 Å². The van der Waals surface area contributed by atoms with Crippen LogP contribution in [0.3, 0.4) is 0 Å². The van der Waals surface area contributed by atoms with Gasteiger partial charge in [-0.2, -0.15) is 0 Å². The quantitative estimate of drug-likeness (QED) is 0.849. The molecule has 1 aromatic heterocycles. The van der Waals surface area contributed by atoms with Gasteiger partial charge < -0.3 is 14.4 Å². The van der Waals surface area contributed by atoms with Gasteiger partial charge in [-0.25, -0.2) is 4.98 Å². The van der Waals surface area contributed by atoms with Gasteiger partial charge in [-0.3, -0.25) is 0 Å². The fourth-order valence-corrected chi connectivity index (χ4v) is 2.96. The molecule has 1 unspecified atom stereocenters. The third-order valence-corrected chi connectivity index (χ3v) is 4.00. The summed E-state index contributed by atoms with van der Waals surface area (Å²) < 4.78 is 7.64. The van der Waals surface area contributed by atoms with E-state index >= 15 is 0 Å². The van der Waals surface area contributed by atoms with Crippen molar-refractivity contribution >= 4 is 0 Å². The number of hydrogen-bond acceptors (Lipinski definition) is 3. The Morgan fingerprint density at radius 1 is 1.35 bits per heavy atom. The minimum Gasteiger partial charge on any atom is -0.396 e. The van der Waals surface area contributed by atoms with Crippen LogP contribution in [-0.2, 0) is 11.3 Å². The molecule has 1 saturated heterocycles. The lowest BCUT2D eigenvalue weighted by atomic mass is 9.97. The fraction of sp³-hybridized carbons (Fsp3) is 0.769. The van der Waals surface area contributed by atoms with Crippen LogP contribution in [-0.4, -0.2) is 34.5 Å². The van der Waals surface area contributed by atoms with Crippen molar-refractivity contribution in [2.45, 2.75) is 44.1 Å². The Bertz CT molecular complexity index is 383. The number of aliphatic hydroxyl groups excluding tert-OH is 1. The van der Waals surface area contributed by atoms with E-state index in [9.17, 15) is 5.11 Å². The molecule has 4 heteroatoms. The Labute approximate surface area is 102 Å². The average Bonchev–Trinajstić information content (AvgIpc) is 2.83. The Kier molecular flexibility index (Phi) is 3.16. The fourth-order valence-electron chi connectivity index (χ4n) is 2.96. The Hall–Kier alpha value is -0.870. The van der Waals surface area contributed by atoms with E-state index < -0.39 is 0 Å². The summed E-state index contributed by atoms with van der Waals surface area (Å²) in [6, 6.07) is 0. The van der Waals surface area contributed by atoms with E-state index in [2.05, 4.69) is 10.8 Å². The summed E-state index contributed by atoms with van der Waals surface area (Å²) >= 11 is 0. The molecule has 0 radical (unpaired) electrons. The number of aryl methyl sites for hydroxylation is 1. The molecule has 0 amide bonds. The molecule has 1 aromatic rings. The lowest BCUT2D eigenvalue weighted by Gasteiger charge is -2.21. The number of imidazole rings is 1. The van der Waals surface area contributed by atoms with Gasteiger partial charge >= 0.3 is 0 Å². The minimum atomic E-state index is 0.226. The van der Waals surface area contributed by atoms with Gasteiger partial charge in [-0.15, -0.1) is 0 Å². The van der Waals surface area contributed by atoms with Crippen molar-refractivity contribution in [1.29, 1.82) is 0 Å². The molecule has 0 bridgehead atoms. The van der Waals surface area contributed by atoms with Crippen LogP contribution in [0.2, 0.25) is 0 Å². The summed E-state index contributed by atoms with van der Waals surface area (Å²) in [4.78, 5) is 4.77. The molecule has 1 fully saturated rings. The third-order valence-electron chi connectivity index (χ3n) is 4.00. The van der Waals surface area contributed by atoms with Crippen molar-refractivity contribution in [2.24, 2.45) is 0 Å². The first kappa shape index (κ1) is 11.2. The molecule has 3 heterocycles. The van der Waals surface area contributed by atoms with Crippen molar-refractivity contribution in [1.82, 2.24) is 9.55 Å². The normalized spacial score (nSPS) is 25.8. The highest BCUT2D eigenvalue weighted by molar-refractivity contribution is 5.14. The van der Waals surface area contributed by atoms with Gasteiger partial charge in [0.15, 0.2) is 0 Å². The van der Waals surface area contributed by atoms with Gasteiger partial charge in [-0.1, -0.05) is 0 Å². The second-order valence-electron chi connectivity index (χ2n) is 5.13. The zero-order valence-corrected chi connectivity index (χ0v) is 10.1. The summed E-state index contributed by atoms with van der Waals surface area (Å²) in [5.41, 5.74) is 1.21. The molecule has 94 valence electrons. The van der Waals surface area contributed by atoms with Crippen LogP contribution in [0.4, 0.5) is 0 Å². The summed E-state index contributed by atoms with van der Waals surface area (Å²) in [6.07, 6.45) is 6.59. The molecule has 0 aromatic carbocycles. The maximum absolute atomic E-state index is 9.38. The predicted molar refractivity (Wildman–Crippen MR) is 64.1 cm³/mol.